The van der Waals surface area contributed by atoms with Crippen molar-refractivity contribution in [2.45, 2.75) is 0 Å². The molecule has 2 aromatic rings. The smallest absolute Gasteiger partial charge is 0.340 e. The Hall–Kier alpha value is -1.94. The third-order valence-corrected chi connectivity index (χ3v) is 2.66. The number of carbonyl (C=O) groups is 1. The molecule has 0 aliphatic heterocycles. The van der Waals surface area contributed by atoms with E-state index in [1.54, 1.807) is 24.3 Å². The lowest BCUT2D eigenvalue weighted by Gasteiger charge is -2.06. The summed E-state index contributed by atoms with van der Waals surface area (Å²) in [6.07, 6.45) is 1.36. The molecule has 0 saturated heterocycles. The molecule has 1 heterocycles. The highest BCUT2D eigenvalue weighted by Gasteiger charge is 2.17. The van der Waals surface area contributed by atoms with Gasteiger partial charge in [-0.05, 0) is 18.2 Å². The number of pyridine rings is 1. The van der Waals surface area contributed by atoms with Gasteiger partial charge in [-0.25, -0.2) is 9.18 Å². The van der Waals surface area contributed by atoms with Crippen LogP contribution in [-0.2, 0) is 4.74 Å². The monoisotopic (exact) mass is 265 g/mol. The first kappa shape index (κ1) is 12.5. The summed E-state index contributed by atoms with van der Waals surface area (Å²) in [5.74, 6) is -1.43. The van der Waals surface area contributed by atoms with Crippen molar-refractivity contribution in [1.82, 2.24) is 4.98 Å². The van der Waals surface area contributed by atoms with E-state index in [1.807, 2.05) is 0 Å². The lowest BCUT2D eigenvalue weighted by molar-refractivity contribution is 0.0595. The van der Waals surface area contributed by atoms with E-state index in [-0.39, 0.29) is 11.3 Å². The first-order valence-electron chi connectivity index (χ1n) is 5.12. The van der Waals surface area contributed by atoms with Crippen LogP contribution in [0.1, 0.15) is 10.4 Å². The van der Waals surface area contributed by atoms with Gasteiger partial charge in [-0.1, -0.05) is 23.7 Å². The van der Waals surface area contributed by atoms with Crippen LogP contribution in [0.5, 0.6) is 0 Å². The number of halogens is 2. The number of carbonyl (C=O) groups excluding carboxylic acids is 1. The number of benzene rings is 1. The van der Waals surface area contributed by atoms with Gasteiger partial charge < -0.3 is 4.74 Å². The van der Waals surface area contributed by atoms with Crippen LogP contribution < -0.4 is 0 Å². The van der Waals surface area contributed by atoms with Crippen molar-refractivity contribution in [3.63, 3.8) is 0 Å². The summed E-state index contributed by atoms with van der Waals surface area (Å²) in [5.41, 5.74) is 0.495. The number of rotatable bonds is 2. The molecule has 0 N–H and O–H groups in total. The molecule has 1 aromatic carbocycles. The number of ether oxygens (including phenoxy) is 1. The zero-order valence-electron chi connectivity index (χ0n) is 9.48. The third-order valence-electron chi connectivity index (χ3n) is 2.41. The van der Waals surface area contributed by atoms with Gasteiger partial charge in [-0.15, -0.1) is 0 Å². The van der Waals surface area contributed by atoms with E-state index in [1.165, 1.54) is 19.4 Å². The maximum atomic E-state index is 14.1. The highest BCUT2D eigenvalue weighted by atomic mass is 35.5. The molecular formula is C13H9ClFNO2. The number of methoxy groups -OCH3 is 1. The number of aromatic nitrogens is 1. The maximum absolute atomic E-state index is 14.1. The largest absolute Gasteiger partial charge is 0.465 e. The molecule has 0 unspecified atom stereocenters. The third kappa shape index (κ3) is 2.33. The Balaban J connectivity index is 2.52. The highest BCUT2D eigenvalue weighted by Crippen LogP contribution is 2.24. The van der Waals surface area contributed by atoms with Gasteiger partial charge in [0.15, 0.2) is 5.82 Å². The molecule has 0 aliphatic carbocycles. The van der Waals surface area contributed by atoms with Gasteiger partial charge in [0, 0.05) is 16.8 Å². The summed E-state index contributed by atoms with van der Waals surface area (Å²) in [5, 5.41) is 0.545. The minimum Gasteiger partial charge on any atom is -0.465 e. The van der Waals surface area contributed by atoms with E-state index < -0.39 is 11.8 Å². The molecule has 18 heavy (non-hydrogen) atoms. The highest BCUT2D eigenvalue weighted by molar-refractivity contribution is 6.30. The van der Waals surface area contributed by atoms with E-state index in [2.05, 4.69) is 9.72 Å². The zero-order valence-corrected chi connectivity index (χ0v) is 10.2. The fraction of sp³-hybridized carbons (Fsp3) is 0.0769. The van der Waals surface area contributed by atoms with Gasteiger partial charge in [-0.2, -0.15) is 0 Å². The Labute approximate surface area is 108 Å². The van der Waals surface area contributed by atoms with Crippen LogP contribution in [0, 0.1) is 5.82 Å². The van der Waals surface area contributed by atoms with Gasteiger partial charge in [-0.3, -0.25) is 4.98 Å². The molecule has 0 radical (unpaired) electrons. The van der Waals surface area contributed by atoms with Crippen LogP contribution in [0.15, 0.2) is 36.5 Å². The second-order valence-corrected chi connectivity index (χ2v) is 3.96. The molecule has 2 rings (SSSR count). The quantitative estimate of drug-likeness (QED) is 0.782. The van der Waals surface area contributed by atoms with Gasteiger partial charge in [0.25, 0.3) is 0 Å². The molecule has 0 amide bonds. The Morgan fingerprint density at radius 2 is 1.94 bits per heavy atom. The van der Waals surface area contributed by atoms with Gasteiger partial charge >= 0.3 is 5.97 Å². The fourth-order valence-corrected chi connectivity index (χ4v) is 1.65. The molecule has 0 bridgehead atoms. The van der Waals surface area contributed by atoms with Crippen molar-refractivity contribution >= 4 is 17.6 Å². The van der Waals surface area contributed by atoms with Crippen molar-refractivity contribution in [2.75, 3.05) is 7.11 Å². The first-order valence-corrected chi connectivity index (χ1v) is 5.50. The van der Waals surface area contributed by atoms with Crippen molar-refractivity contribution in [3.8, 4) is 11.3 Å². The summed E-state index contributed by atoms with van der Waals surface area (Å²) in [7, 11) is 1.20. The fourth-order valence-electron chi connectivity index (χ4n) is 1.52. The van der Waals surface area contributed by atoms with Crippen LogP contribution in [-0.4, -0.2) is 18.1 Å². The second-order valence-electron chi connectivity index (χ2n) is 3.52. The molecule has 92 valence electrons. The van der Waals surface area contributed by atoms with E-state index in [9.17, 15) is 9.18 Å². The summed E-state index contributed by atoms with van der Waals surface area (Å²) >= 11 is 5.75. The molecule has 0 spiro atoms. The Kier molecular flexibility index (Phi) is 3.58. The molecule has 1 aromatic heterocycles. The van der Waals surface area contributed by atoms with Crippen LogP contribution in [0.25, 0.3) is 11.3 Å². The van der Waals surface area contributed by atoms with Crippen molar-refractivity contribution in [3.05, 3.63) is 52.9 Å². The summed E-state index contributed by atoms with van der Waals surface area (Å²) in [4.78, 5) is 15.3. The second kappa shape index (κ2) is 5.14. The maximum Gasteiger partial charge on any atom is 0.340 e. The SMILES string of the molecule is COC(=O)c1ccnc(-c2ccc(Cl)cc2)c1F. The summed E-state index contributed by atoms with van der Waals surface area (Å²) < 4.78 is 18.6. The van der Waals surface area contributed by atoms with Gasteiger partial charge in [0.1, 0.15) is 5.69 Å². The zero-order chi connectivity index (χ0) is 13.1. The van der Waals surface area contributed by atoms with E-state index in [4.69, 9.17) is 11.6 Å². The lowest BCUT2D eigenvalue weighted by atomic mass is 10.1. The average Bonchev–Trinajstić information content (AvgIpc) is 2.39. The molecular weight excluding hydrogens is 257 g/mol. The number of esters is 1. The summed E-state index contributed by atoms with van der Waals surface area (Å²) in [6, 6.07) is 7.80. The first-order chi connectivity index (χ1) is 8.63. The Morgan fingerprint density at radius 1 is 1.28 bits per heavy atom. The Bertz CT molecular complexity index is 584. The van der Waals surface area contributed by atoms with Crippen molar-refractivity contribution in [1.29, 1.82) is 0 Å². The van der Waals surface area contributed by atoms with E-state index >= 15 is 0 Å². The molecule has 0 fully saturated rings. The molecule has 0 atom stereocenters. The standard InChI is InChI=1S/C13H9ClFNO2/c1-18-13(17)10-6-7-16-12(11(10)15)8-2-4-9(14)5-3-8/h2-7H,1H3. The van der Waals surface area contributed by atoms with Gasteiger partial charge in [0.05, 0.1) is 12.7 Å². The van der Waals surface area contributed by atoms with Crippen LogP contribution in [0.2, 0.25) is 5.02 Å². The molecule has 0 aliphatic rings. The van der Waals surface area contributed by atoms with Gasteiger partial charge in [0.2, 0.25) is 0 Å². The molecule has 0 saturated carbocycles. The van der Waals surface area contributed by atoms with Crippen LogP contribution >= 0.6 is 11.6 Å². The lowest BCUT2D eigenvalue weighted by Crippen LogP contribution is -2.06. The van der Waals surface area contributed by atoms with Crippen molar-refractivity contribution in [2.24, 2.45) is 0 Å². The van der Waals surface area contributed by atoms with Crippen molar-refractivity contribution < 1.29 is 13.9 Å². The number of hydrogen-bond acceptors (Lipinski definition) is 3. The minimum absolute atomic E-state index is 0.0922. The molecule has 5 heteroatoms. The van der Waals surface area contributed by atoms with E-state index in [0.717, 1.165) is 0 Å². The predicted molar refractivity (Wildman–Crippen MR) is 66.0 cm³/mol. The Morgan fingerprint density at radius 3 is 2.56 bits per heavy atom. The van der Waals surface area contributed by atoms with Crippen LogP contribution in [0.4, 0.5) is 4.39 Å². The molecule has 3 nitrogen and oxygen atoms in total. The normalized spacial score (nSPS) is 10.2. The van der Waals surface area contributed by atoms with E-state index in [0.29, 0.717) is 10.6 Å². The summed E-state index contributed by atoms with van der Waals surface area (Å²) in [6.45, 7) is 0. The van der Waals surface area contributed by atoms with Crippen LogP contribution in [0.3, 0.4) is 0 Å². The topological polar surface area (TPSA) is 39.2 Å². The number of hydrogen-bond donors (Lipinski definition) is 0. The average molecular weight is 266 g/mol. The number of nitrogens with zero attached hydrogens (tertiary/aromatic N) is 1. The minimum atomic E-state index is -0.731. The predicted octanol–water partition coefficient (Wildman–Crippen LogP) is 3.33.